The fourth-order valence-electron chi connectivity index (χ4n) is 3.57. The van der Waals surface area contributed by atoms with Crippen LogP contribution in [0.5, 0.6) is 0 Å². The molecule has 5 atom stereocenters. The Morgan fingerprint density at radius 2 is 2.10 bits per heavy atom. The van der Waals surface area contributed by atoms with Gasteiger partial charge in [-0.05, 0) is 17.7 Å². The van der Waals surface area contributed by atoms with Gasteiger partial charge in [0.05, 0.1) is 5.39 Å². The van der Waals surface area contributed by atoms with E-state index in [1.807, 2.05) is 0 Å². The van der Waals surface area contributed by atoms with E-state index < -0.39 is 50.7 Å². The minimum absolute atomic E-state index is 0.149. The Balaban J connectivity index is 1.53. The Bertz CT molecular complexity index is 1010. The number of fused-ring (bicyclic) bond motifs is 1. The molecule has 4 N–H and O–H groups in total. The fourth-order valence-corrected chi connectivity index (χ4v) is 3.99. The molecule has 2 aromatic heterocycles. The number of alkyl halides is 2. The summed E-state index contributed by atoms with van der Waals surface area (Å²) in [4.78, 5) is 21.9. The van der Waals surface area contributed by atoms with Crippen LogP contribution in [0.4, 0.5) is 14.6 Å². The van der Waals surface area contributed by atoms with Crippen LogP contribution in [0.1, 0.15) is 19.1 Å². The number of hydrogen-bond donors (Lipinski definition) is 4. The maximum atomic E-state index is 13.1. The molecule has 2 aliphatic rings. The van der Waals surface area contributed by atoms with E-state index in [4.69, 9.17) is 21.2 Å². The number of aliphatic hydroxyl groups is 2. The van der Waals surface area contributed by atoms with Gasteiger partial charge in [-0.25, -0.2) is 18.7 Å². The second-order valence-corrected chi connectivity index (χ2v) is 9.71. The van der Waals surface area contributed by atoms with Gasteiger partial charge in [0.2, 0.25) is 5.28 Å². The van der Waals surface area contributed by atoms with Gasteiger partial charge in [0, 0.05) is 31.7 Å². The standard InChI is InChI=1S/C16H20ClF2N4O7P/c1-31(26,27)30-28-6-9-10(24)11(25)14(29-9)23-3-2-8-12(21-15(17)22-13(8)23)20-7-4-16(18,19)5-7/h2-3,7,9-11,14,24-25H,4-6H2,1H3,(H,26,27)(H,20,21,22)/t9-,10-,11-,14-/m1/s1. The molecule has 11 nitrogen and oxygen atoms in total. The average Bonchev–Trinajstić information content (AvgIpc) is 3.15. The molecule has 1 unspecified atom stereocenters. The van der Waals surface area contributed by atoms with Crippen LogP contribution in [-0.4, -0.2) is 73.2 Å². The van der Waals surface area contributed by atoms with Crippen molar-refractivity contribution < 1.29 is 42.8 Å². The molecular formula is C16H20ClF2N4O7P. The SMILES string of the molecule is CP(=O)(O)OOC[C@H]1O[C@@H](n2ccc3c(NC4CC(F)(F)C4)nc(Cl)nc32)[C@H](O)[C@@H]1O. The molecule has 1 saturated heterocycles. The molecule has 31 heavy (non-hydrogen) atoms. The first-order valence-corrected chi connectivity index (χ1v) is 11.7. The monoisotopic (exact) mass is 484 g/mol. The molecule has 3 heterocycles. The minimum Gasteiger partial charge on any atom is -0.387 e. The summed E-state index contributed by atoms with van der Waals surface area (Å²) in [6.07, 6.45) is -4.10. The summed E-state index contributed by atoms with van der Waals surface area (Å²) < 4.78 is 48.7. The zero-order valence-corrected chi connectivity index (χ0v) is 17.7. The summed E-state index contributed by atoms with van der Waals surface area (Å²) in [7, 11) is -3.90. The van der Waals surface area contributed by atoms with E-state index in [0.29, 0.717) is 5.39 Å². The Labute approximate surface area is 179 Å². The largest absolute Gasteiger partial charge is 0.387 e. The number of hydrogen-bond acceptors (Lipinski definition) is 9. The fraction of sp³-hybridized carbons (Fsp3) is 0.625. The van der Waals surface area contributed by atoms with Crippen LogP contribution in [0.3, 0.4) is 0 Å². The van der Waals surface area contributed by atoms with Gasteiger partial charge in [0.25, 0.3) is 5.92 Å². The number of aromatic nitrogens is 3. The number of rotatable bonds is 7. The molecule has 0 spiro atoms. The molecule has 4 rings (SSSR count). The summed E-state index contributed by atoms with van der Waals surface area (Å²) in [5, 5.41) is 23.9. The van der Waals surface area contributed by atoms with Crippen molar-refractivity contribution >= 4 is 36.0 Å². The Morgan fingerprint density at radius 1 is 1.39 bits per heavy atom. The van der Waals surface area contributed by atoms with E-state index in [1.165, 1.54) is 10.8 Å². The highest BCUT2D eigenvalue weighted by atomic mass is 35.5. The lowest BCUT2D eigenvalue weighted by atomic mass is 9.88. The van der Waals surface area contributed by atoms with Gasteiger partial charge >= 0.3 is 7.60 Å². The number of anilines is 1. The van der Waals surface area contributed by atoms with Crippen molar-refractivity contribution in [3.63, 3.8) is 0 Å². The van der Waals surface area contributed by atoms with E-state index in [1.54, 1.807) is 6.07 Å². The van der Waals surface area contributed by atoms with Gasteiger partial charge in [0.15, 0.2) is 6.23 Å². The van der Waals surface area contributed by atoms with Crippen molar-refractivity contribution in [2.24, 2.45) is 0 Å². The maximum Gasteiger partial charge on any atom is 0.352 e. The van der Waals surface area contributed by atoms with Crippen molar-refractivity contribution in [3.05, 3.63) is 17.5 Å². The Hall–Kier alpha value is -1.44. The molecular weight excluding hydrogens is 465 g/mol. The summed E-state index contributed by atoms with van der Waals surface area (Å²) in [6, 6.07) is 1.13. The van der Waals surface area contributed by atoms with Gasteiger partial charge in [0.1, 0.15) is 36.4 Å². The van der Waals surface area contributed by atoms with E-state index in [-0.39, 0.29) is 29.6 Å². The van der Waals surface area contributed by atoms with Crippen LogP contribution in [0.25, 0.3) is 11.0 Å². The van der Waals surface area contributed by atoms with E-state index in [9.17, 15) is 23.6 Å². The van der Waals surface area contributed by atoms with E-state index in [2.05, 4.69) is 24.8 Å². The molecule has 15 heteroatoms. The lowest BCUT2D eigenvalue weighted by molar-refractivity contribution is -0.238. The van der Waals surface area contributed by atoms with Crippen molar-refractivity contribution in [1.29, 1.82) is 0 Å². The predicted molar refractivity (Wildman–Crippen MR) is 103 cm³/mol. The van der Waals surface area contributed by atoms with Crippen molar-refractivity contribution in [1.82, 2.24) is 14.5 Å². The van der Waals surface area contributed by atoms with Crippen LogP contribution in [0.15, 0.2) is 12.3 Å². The Morgan fingerprint density at radius 3 is 2.74 bits per heavy atom. The van der Waals surface area contributed by atoms with E-state index in [0.717, 1.165) is 6.66 Å². The summed E-state index contributed by atoms with van der Waals surface area (Å²) in [6.45, 7) is 0.493. The highest BCUT2D eigenvalue weighted by Crippen LogP contribution is 2.41. The molecule has 2 aromatic rings. The number of nitrogens with zero attached hydrogens (tertiary/aromatic N) is 3. The van der Waals surface area contributed by atoms with Crippen molar-refractivity contribution in [2.45, 2.75) is 49.3 Å². The van der Waals surface area contributed by atoms with Crippen LogP contribution in [-0.2, 0) is 18.9 Å². The first-order valence-electron chi connectivity index (χ1n) is 9.25. The third-order valence-corrected chi connectivity index (χ3v) is 5.56. The number of ether oxygens (including phenoxy) is 1. The summed E-state index contributed by atoms with van der Waals surface area (Å²) in [5.41, 5.74) is 0.246. The first kappa shape index (κ1) is 22.7. The highest BCUT2D eigenvalue weighted by Gasteiger charge is 2.46. The zero-order valence-electron chi connectivity index (χ0n) is 16.1. The second-order valence-electron chi connectivity index (χ2n) is 7.62. The molecule has 0 aromatic carbocycles. The molecule has 1 saturated carbocycles. The lowest BCUT2D eigenvalue weighted by Gasteiger charge is -2.35. The molecule has 2 fully saturated rings. The van der Waals surface area contributed by atoms with Gasteiger partial charge < -0.3 is 29.7 Å². The number of halogens is 3. The van der Waals surface area contributed by atoms with Gasteiger partial charge in [-0.15, -0.1) is 4.67 Å². The maximum absolute atomic E-state index is 13.1. The van der Waals surface area contributed by atoms with Crippen LogP contribution in [0.2, 0.25) is 5.28 Å². The lowest BCUT2D eigenvalue weighted by Crippen LogP contribution is -2.44. The normalized spacial score (nSPS) is 30.3. The van der Waals surface area contributed by atoms with Gasteiger partial charge in [-0.1, -0.05) is 0 Å². The predicted octanol–water partition coefficient (Wildman–Crippen LogP) is 1.68. The third-order valence-electron chi connectivity index (χ3n) is 5.01. The Kier molecular flexibility index (Phi) is 5.99. The van der Waals surface area contributed by atoms with Gasteiger partial charge in [-0.2, -0.15) is 4.98 Å². The molecule has 0 bridgehead atoms. The highest BCUT2D eigenvalue weighted by molar-refractivity contribution is 7.51. The summed E-state index contributed by atoms with van der Waals surface area (Å²) in [5.74, 6) is -2.45. The first-order chi connectivity index (χ1) is 14.4. The van der Waals surface area contributed by atoms with Crippen molar-refractivity contribution in [3.8, 4) is 0 Å². The second kappa shape index (κ2) is 8.16. The third kappa shape index (κ3) is 4.83. The molecule has 0 radical (unpaired) electrons. The quantitative estimate of drug-likeness (QED) is 0.198. The number of aliphatic hydroxyl groups excluding tert-OH is 2. The van der Waals surface area contributed by atoms with Crippen LogP contribution in [0, 0.1) is 0 Å². The minimum atomic E-state index is -3.90. The zero-order chi connectivity index (χ0) is 22.6. The number of nitrogens with one attached hydrogen (secondary N) is 1. The van der Waals surface area contributed by atoms with Crippen LogP contribution >= 0.6 is 19.2 Å². The average molecular weight is 485 g/mol. The molecule has 172 valence electrons. The smallest absolute Gasteiger partial charge is 0.352 e. The molecule has 1 aliphatic heterocycles. The van der Waals surface area contributed by atoms with Gasteiger partial charge in [-0.3, -0.25) is 4.57 Å². The van der Waals surface area contributed by atoms with Crippen molar-refractivity contribution in [2.75, 3.05) is 18.6 Å². The van der Waals surface area contributed by atoms with E-state index >= 15 is 0 Å². The molecule has 1 aliphatic carbocycles. The van der Waals surface area contributed by atoms with Crippen LogP contribution < -0.4 is 5.32 Å². The summed E-state index contributed by atoms with van der Waals surface area (Å²) >= 11 is 6.00. The molecule has 0 amide bonds. The topological polar surface area (TPSA) is 148 Å².